The van der Waals surface area contributed by atoms with E-state index >= 15 is 0 Å². The molecule has 1 unspecified atom stereocenters. The van der Waals surface area contributed by atoms with Gasteiger partial charge in [-0.15, -0.1) is 11.3 Å². The van der Waals surface area contributed by atoms with E-state index in [1.807, 2.05) is 53.7 Å². The summed E-state index contributed by atoms with van der Waals surface area (Å²) in [5.41, 5.74) is 3.28. The maximum Gasteiger partial charge on any atom is 0.257 e. The van der Waals surface area contributed by atoms with Crippen LogP contribution < -0.4 is 4.74 Å². The molecule has 0 bridgehead atoms. The molecule has 1 aromatic carbocycles. The number of hydrogen-bond acceptors (Lipinski definition) is 6. The number of thiophene rings is 1. The zero-order valence-corrected chi connectivity index (χ0v) is 18.9. The topological polar surface area (TPSA) is 58.3 Å². The molecule has 1 aliphatic heterocycles. The van der Waals surface area contributed by atoms with Crippen molar-refractivity contribution < 1.29 is 13.9 Å². The number of furan rings is 1. The summed E-state index contributed by atoms with van der Waals surface area (Å²) in [6.07, 6.45) is 2.29. The van der Waals surface area contributed by atoms with Gasteiger partial charge in [0.1, 0.15) is 24.2 Å². The van der Waals surface area contributed by atoms with Crippen molar-refractivity contribution in [2.75, 3.05) is 26.7 Å². The van der Waals surface area contributed by atoms with Gasteiger partial charge in [-0.2, -0.15) is 5.10 Å². The number of carbonyl (C=O) groups excluding carboxylic acids is 1. The minimum atomic E-state index is -0.209. The zero-order chi connectivity index (χ0) is 21.8. The third kappa shape index (κ3) is 5.24. The van der Waals surface area contributed by atoms with Gasteiger partial charge in [0.25, 0.3) is 5.91 Å². The Morgan fingerprint density at radius 1 is 1.26 bits per heavy atom. The highest BCUT2D eigenvalue weighted by Crippen LogP contribution is 2.34. The predicted octanol–water partition coefficient (Wildman–Crippen LogP) is 4.65. The molecule has 162 valence electrons. The fraction of sp³-hybridized carbons (Fsp3) is 0.333. The summed E-state index contributed by atoms with van der Waals surface area (Å²) in [4.78, 5) is 16.1. The SMILES string of the molecule is Cc1cc(C)cc(OCCN(C)CC(=O)N2N=C(c3cccs3)CC2c2ccco2)c1. The minimum absolute atomic E-state index is 0.0538. The minimum Gasteiger partial charge on any atom is -0.492 e. The molecular formula is C24H27N3O3S. The number of benzene rings is 1. The van der Waals surface area contributed by atoms with Gasteiger partial charge in [-0.3, -0.25) is 9.69 Å². The first kappa shape index (κ1) is 21.3. The fourth-order valence-corrected chi connectivity index (χ4v) is 4.47. The van der Waals surface area contributed by atoms with Gasteiger partial charge in [0.15, 0.2) is 0 Å². The molecule has 0 aliphatic carbocycles. The Morgan fingerprint density at radius 2 is 2.06 bits per heavy atom. The average Bonchev–Trinajstić information content (AvgIpc) is 3.47. The maximum absolute atomic E-state index is 13.1. The van der Waals surface area contributed by atoms with Crippen LogP contribution in [0.15, 0.2) is 63.6 Å². The molecule has 7 heteroatoms. The molecule has 0 N–H and O–H groups in total. The average molecular weight is 438 g/mol. The summed E-state index contributed by atoms with van der Waals surface area (Å²) < 4.78 is 11.5. The molecule has 3 heterocycles. The number of hydrogen-bond donors (Lipinski definition) is 0. The molecule has 1 atom stereocenters. The van der Waals surface area contributed by atoms with Crippen LogP contribution in [0.4, 0.5) is 0 Å². The molecule has 6 nitrogen and oxygen atoms in total. The van der Waals surface area contributed by atoms with Gasteiger partial charge in [-0.1, -0.05) is 12.1 Å². The third-order valence-electron chi connectivity index (χ3n) is 5.19. The van der Waals surface area contributed by atoms with Crippen LogP contribution in [0.3, 0.4) is 0 Å². The van der Waals surface area contributed by atoms with Crippen LogP contribution in [0.2, 0.25) is 0 Å². The van der Waals surface area contributed by atoms with E-state index in [0.717, 1.165) is 22.1 Å². The summed E-state index contributed by atoms with van der Waals surface area (Å²) in [5.74, 6) is 1.56. The van der Waals surface area contributed by atoms with Crippen LogP contribution in [0.5, 0.6) is 5.75 Å². The molecule has 1 aliphatic rings. The molecule has 4 rings (SSSR count). The van der Waals surface area contributed by atoms with Crippen molar-refractivity contribution in [2.24, 2.45) is 5.10 Å². The van der Waals surface area contributed by atoms with E-state index in [1.165, 1.54) is 11.1 Å². The van der Waals surface area contributed by atoms with E-state index in [0.29, 0.717) is 19.6 Å². The molecule has 31 heavy (non-hydrogen) atoms. The lowest BCUT2D eigenvalue weighted by atomic mass is 10.1. The normalized spacial score (nSPS) is 16.1. The molecule has 0 spiro atoms. The molecular weight excluding hydrogens is 410 g/mol. The van der Waals surface area contributed by atoms with Crippen molar-refractivity contribution in [2.45, 2.75) is 26.3 Å². The Hall–Kier alpha value is -2.90. The standard InChI is InChI=1S/C24H27N3O3S/c1-17-12-18(2)14-19(13-17)29-10-8-26(3)16-24(28)27-21(22-6-4-9-30-22)15-20(25-27)23-7-5-11-31-23/h4-7,9,11-14,21H,8,10,15-16H2,1-3H3. The van der Waals surface area contributed by atoms with Crippen LogP contribution in [-0.4, -0.2) is 48.3 Å². The Balaban J connectivity index is 1.37. The van der Waals surface area contributed by atoms with Gasteiger partial charge in [0, 0.05) is 13.0 Å². The second-order valence-corrected chi connectivity index (χ2v) is 8.85. The van der Waals surface area contributed by atoms with Crippen LogP contribution in [-0.2, 0) is 4.79 Å². The zero-order valence-electron chi connectivity index (χ0n) is 18.1. The fourth-order valence-electron chi connectivity index (χ4n) is 3.75. The number of carbonyl (C=O) groups is 1. The first-order valence-electron chi connectivity index (χ1n) is 10.4. The maximum atomic E-state index is 13.1. The molecule has 0 saturated carbocycles. The van der Waals surface area contributed by atoms with Crippen molar-refractivity contribution >= 4 is 23.0 Å². The molecule has 1 amide bonds. The second-order valence-electron chi connectivity index (χ2n) is 7.91. The highest BCUT2D eigenvalue weighted by molar-refractivity contribution is 7.12. The van der Waals surface area contributed by atoms with E-state index in [1.54, 1.807) is 22.6 Å². The van der Waals surface area contributed by atoms with Crippen LogP contribution in [0.25, 0.3) is 0 Å². The molecule has 0 fully saturated rings. The van der Waals surface area contributed by atoms with Crippen LogP contribution in [0, 0.1) is 13.8 Å². The lowest BCUT2D eigenvalue weighted by molar-refractivity contribution is -0.134. The number of ether oxygens (including phenoxy) is 1. The van der Waals surface area contributed by atoms with E-state index in [2.05, 4.69) is 25.0 Å². The summed E-state index contributed by atoms with van der Waals surface area (Å²) in [7, 11) is 1.92. The third-order valence-corrected chi connectivity index (χ3v) is 6.10. The smallest absolute Gasteiger partial charge is 0.257 e. The Morgan fingerprint density at radius 3 is 2.74 bits per heavy atom. The van der Waals surface area contributed by atoms with E-state index in [9.17, 15) is 4.79 Å². The van der Waals surface area contributed by atoms with Crippen molar-refractivity contribution in [3.63, 3.8) is 0 Å². The number of amides is 1. The van der Waals surface area contributed by atoms with Crippen LogP contribution in [0.1, 0.15) is 34.2 Å². The van der Waals surface area contributed by atoms with Gasteiger partial charge in [0.2, 0.25) is 0 Å². The Bertz CT molecular complexity index is 1020. The molecule has 2 aromatic heterocycles. The van der Waals surface area contributed by atoms with Crippen molar-refractivity contribution in [3.8, 4) is 5.75 Å². The predicted molar refractivity (Wildman–Crippen MR) is 123 cm³/mol. The Kier molecular flexibility index (Phi) is 6.53. The first-order valence-corrected chi connectivity index (χ1v) is 11.2. The largest absolute Gasteiger partial charge is 0.492 e. The highest BCUT2D eigenvalue weighted by atomic mass is 32.1. The summed E-state index contributed by atoms with van der Waals surface area (Å²) in [6, 6.07) is 13.7. The quantitative estimate of drug-likeness (QED) is 0.515. The molecule has 3 aromatic rings. The summed E-state index contributed by atoms with van der Waals surface area (Å²) in [5, 5.41) is 8.26. The number of nitrogens with zero attached hydrogens (tertiary/aromatic N) is 3. The van der Waals surface area contributed by atoms with E-state index in [-0.39, 0.29) is 18.5 Å². The highest BCUT2D eigenvalue weighted by Gasteiger charge is 2.35. The van der Waals surface area contributed by atoms with Crippen LogP contribution >= 0.6 is 11.3 Å². The number of likely N-dealkylation sites (N-methyl/N-ethyl adjacent to an activating group) is 1. The lowest BCUT2D eigenvalue weighted by Crippen LogP contribution is -2.37. The number of rotatable bonds is 8. The Labute approximate surface area is 186 Å². The van der Waals surface area contributed by atoms with Gasteiger partial charge in [-0.05, 0) is 67.7 Å². The molecule has 0 saturated heterocycles. The van der Waals surface area contributed by atoms with Gasteiger partial charge in [0.05, 0.1) is 23.4 Å². The summed E-state index contributed by atoms with van der Waals surface area (Å²) in [6.45, 7) is 5.52. The van der Waals surface area contributed by atoms with E-state index < -0.39 is 0 Å². The van der Waals surface area contributed by atoms with E-state index in [4.69, 9.17) is 9.15 Å². The van der Waals surface area contributed by atoms with Gasteiger partial charge >= 0.3 is 0 Å². The second kappa shape index (κ2) is 9.49. The monoisotopic (exact) mass is 437 g/mol. The van der Waals surface area contributed by atoms with Crippen molar-refractivity contribution in [1.82, 2.24) is 9.91 Å². The van der Waals surface area contributed by atoms with Gasteiger partial charge in [-0.25, -0.2) is 5.01 Å². The molecule has 0 radical (unpaired) electrons. The number of hydrazone groups is 1. The lowest BCUT2D eigenvalue weighted by Gasteiger charge is -2.23. The number of aryl methyl sites for hydroxylation is 2. The first-order chi connectivity index (χ1) is 15.0. The summed E-state index contributed by atoms with van der Waals surface area (Å²) >= 11 is 1.63. The van der Waals surface area contributed by atoms with Gasteiger partial charge < -0.3 is 9.15 Å². The van der Waals surface area contributed by atoms with Crippen molar-refractivity contribution in [1.29, 1.82) is 0 Å². The van der Waals surface area contributed by atoms with Crippen molar-refractivity contribution in [3.05, 3.63) is 75.9 Å².